The Balaban J connectivity index is 0.000000118. The zero-order chi connectivity index (χ0) is 28.8. The number of hydrogen-bond acceptors (Lipinski definition) is 0. The molecule has 0 radical (unpaired) electrons. The lowest BCUT2D eigenvalue weighted by atomic mass is 9.87. The Morgan fingerprint density at radius 1 is 0.182 bits per heavy atom. The Morgan fingerprint density at radius 3 is 1.14 bits per heavy atom. The zero-order valence-electron chi connectivity index (χ0n) is 24.0. The largest absolute Gasteiger partial charge is 0.0616 e. The fourth-order valence-corrected chi connectivity index (χ4v) is 7.96. The molecule has 0 aromatic heterocycles. The maximum atomic E-state index is 2.33. The minimum Gasteiger partial charge on any atom is -0.0616 e. The van der Waals surface area contributed by atoms with Gasteiger partial charge in [-0.15, -0.1) is 0 Å². The average Bonchev–Trinajstić information content (AvgIpc) is 3.09. The van der Waals surface area contributed by atoms with Gasteiger partial charge in [0.25, 0.3) is 0 Å². The summed E-state index contributed by atoms with van der Waals surface area (Å²) in [5.41, 5.74) is 0. The van der Waals surface area contributed by atoms with Crippen LogP contribution in [0.4, 0.5) is 0 Å². The fraction of sp³-hybridized carbons (Fsp3) is 0. The van der Waals surface area contributed by atoms with Gasteiger partial charge in [0.2, 0.25) is 0 Å². The van der Waals surface area contributed by atoms with Gasteiger partial charge in [-0.3, -0.25) is 0 Å². The first-order chi connectivity index (χ1) is 21.8. The molecular formula is C44H26. The highest BCUT2D eigenvalue weighted by Gasteiger charge is 2.15. The molecule has 0 fully saturated rings. The van der Waals surface area contributed by atoms with Crippen molar-refractivity contribution in [3.63, 3.8) is 0 Å². The highest BCUT2D eigenvalue weighted by molar-refractivity contribution is 6.38. The van der Waals surface area contributed by atoms with E-state index in [1.165, 1.54) is 97.0 Å². The van der Waals surface area contributed by atoms with Gasteiger partial charge >= 0.3 is 0 Å². The van der Waals surface area contributed by atoms with Crippen LogP contribution < -0.4 is 0 Å². The van der Waals surface area contributed by atoms with Crippen molar-refractivity contribution in [3.05, 3.63) is 158 Å². The lowest BCUT2D eigenvalue weighted by Crippen LogP contribution is -1.88. The maximum absolute atomic E-state index is 2.33. The third-order valence-corrected chi connectivity index (χ3v) is 9.75. The van der Waals surface area contributed by atoms with E-state index >= 15 is 0 Å². The average molecular weight is 555 g/mol. The SMILES string of the molecule is c1ccc2c(c1)c1cccc3ccc4cccc2c4c31.c1ccc2c(c1)cc1cccc3c4cccc5cccc(c54)c2c13. The second-order valence-corrected chi connectivity index (χ2v) is 12.0. The summed E-state index contributed by atoms with van der Waals surface area (Å²) in [6, 6.07) is 57.5. The van der Waals surface area contributed by atoms with Gasteiger partial charge in [0.1, 0.15) is 0 Å². The van der Waals surface area contributed by atoms with Crippen molar-refractivity contribution < 1.29 is 0 Å². The monoisotopic (exact) mass is 554 g/mol. The molecular weight excluding hydrogens is 528 g/mol. The topological polar surface area (TPSA) is 0 Å². The number of hydrogen-bond donors (Lipinski definition) is 0. The molecule has 0 spiro atoms. The van der Waals surface area contributed by atoms with Crippen LogP contribution in [-0.4, -0.2) is 0 Å². The third kappa shape index (κ3) is 3.17. The first-order valence-corrected chi connectivity index (χ1v) is 15.4. The molecule has 11 aromatic carbocycles. The Kier molecular flexibility index (Phi) is 4.81. The van der Waals surface area contributed by atoms with Crippen LogP contribution >= 0.6 is 0 Å². The quantitative estimate of drug-likeness (QED) is 0.129. The van der Waals surface area contributed by atoms with Gasteiger partial charge in [-0.05, 0) is 103 Å². The fourth-order valence-electron chi connectivity index (χ4n) is 7.96. The van der Waals surface area contributed by atoms with Crippen LogP contribution in [0.25, 0.3) is 97.0 Å². The second-order valence-electron chi connectivity index (χ2n) is 12.0. The van der Waals surface area contributed by atoms with E-state index < -0.39 is 0 Å². The molecule has 0 aliphatic heterocycles. The van der Waals surface area contributed by atoms with E-state index in [-0.39, 0.29) is 0 Å². The summed E-state index contributed by atoms with van der Waals surface area (Å²) in [6.07, 6.45) is 0. The van der Waals surface area contributed by atoms with Crippen molar-refractivity contribution in [3.8, 4) is 0 Å². The molecule has 0 bridgehead atoms. The van der Waals surface area contributed by atoms with Gasteiger partial charge in [-0.2, -0.15) is 0 Å². The van der Waals surface area contributed by atoms with Crippen LogP contribution in [0.1, 0.15) is 0 Å². The first kappa shape index (κ1) is 23.8. The second kappa shape index (κ2) is 8.89. The molecule has 11 aromatic rings. The molecule has 0 aliphatic rings. The summed E-state index contributed by atoms with van der Waals surface area (Å²) in [5.74, 6) is 0. The standard InChI is InChI=1S/C24H14.C20H12/c1-2-10-18-16(6-1)14-17-9-5-12-20-19-11-3-7-15-8-4-13-21(22(15)19)24(18)23(17)20;1-2-8-16-15(7-1)17-9-3-5-13-11-12-14-6-4-10-18(16)20(14)19(13)17/h1-14H;1-12H. The molecule has 0 heterocycles. The van der Waals surface area contributed by atoms with E-state index in [2.05, 4.69) is 158 Å². The molecule has 0 N–H and O–H groups in total. The van der Waals surface area contributed by atoms with Crippen LogP contribution in [-0.2, 0) is 0 Å². The van der Waals surface area contributed by atoms with E-state index in [1.54, 1.807) is 0 Å². The summed E-state index contributed by atoms with van der Waals surface area (Å²) in [6.45, 7) is 0. The van der Waals surface area contributed by atoms with E-state index in [0.717, 1.165) is 0 Å². The van der Waals surface area contributed by atoms with Crippen molar-refractivity contribution in [1.29, 1.82) is 0 Å². The van der Waals surface area contributed by atoms with Gasteiger partial charge in [0, 0.05) is 0 Å². The van der Waals surface area contributed by atoms with Crippen molar-refractivity contribution in [2.24, 2.45) is 0 Å². The molecule has 0 atom stereocenters. The van der Waals surface area contributed by atoms with E-state index in [4.69, 9.17) is 0 Å². The van der Waals surface area contributed by atoms with Gasteiger partial charge < -0.3 is 0 Å². The Morgan fingerprint density at radius 2 is 0.545 bits per heavy atom. The first-order valence-electron chi connectivity index (χ1n) is 15.4. The summed E-state index contributed by atoms with van der Waals surface area (Å²) >= 11 is 0. The highest BCUT2D eigenvalue weighted by Crippen LogP contribution is 2.43. The Labute approximate surface area is 254 Å². The van der Waals surface area contributed by atoms with Gasteiger partial charge in [0.15, 0.2) is 0 Å². The smallest absolute Gasteiger partial charge is 0.00141 e. The number of rotatable bonds is 0. The summed E-state index contributed by atoms with van der Waals surface area (Å²) < 4.78 is 0. The predicted molar refractivity (Wildman–Crippen MR) is 193 cm³/mol. The van der Waals surface area contributed by atoms with Crippen molar-refractivity contribution in [1.82, 2.24) is 0 Å². The molecule has 0 aliphatic carbocycles. The van der Waals surface area contributed by atoms with Gasteiger partial charge in [0.05, 0.1) is 0 Å². The molecule has 0 nitrogen and oxygen atoms in total. The zero-order valence-corrected chi connectivity index (χ0v) is 24.0. The molecule has 11 rings (SSSR count). The lowest BCUT2D eigenvalue weighted by Gasteiger charge is -2.16. The Bertz CT molecular complexity index is 2780. The molecule has 44 heavy (non-hydrogen) atoms. The van der Waals surface area contributed by atoms with Gasteiger partial charge in [-0.25, -0.2) is 0 Å². The van der Waals surface area contributed by atoms with E-state index in [1.807, 2.05) is 0 Å². The van der Waals surface area contributed by atoms with Crippen LogP contribution in [0.3, 0.4) is 0 Å². The van der Waals surface area contributed by atoms with Gasteiger partial charge in [-0.1, -0.05) is 152 Å². The van der Waals surface area contributed by atoms with Crippen LogP contribution in [0.5, 0.6) is 0 Å². The van der Waals surface area contributed by atoms with Crippen LogP contribution in [0.2, 0.25) is 0 Å². The maximum Gasteiger partial charge on any atom is -0.00141 e. The molecule has 0 amide bonds. The minimum absolute atomic E-state index is 1.31. The molecule has 0 heteroatoms. The van der Waals surface area contributed by atoms with Crippen LogP contribution in [0, 0.1) is 0 Å². The summed E-state index contributed by atoms with van der Waals surface area (Å²) in [7, 11) is 0. The molecule has 0 saturated heterocycles. The van der Waals surface area contributed by atoms with Crippen molar-refractivity contribution in [2.75, 3.05) is 0 Å². The Hall–Kier alpha value is -5.72. The summed E-state index contributed by atoms with van der Waals surface area (Å²) in [5, 5.41) is 24.5. The minimum atomic E-state index is 1.31. The normalized spacial score (nSPS) is 12.1. The lowest BCUT2D eigenvalue weighted by molar-refractivity contribution is 1.78. The molecule has 202 valence electrons. The number of benzene rings is 11. The van der Waals surface area contributed by atoms with E-state index in [9.17, 15) is 0 Å². The van der Waals surface area contributed by atoms with Crippen molar-refractivity contribution >= 4 is 97.0 Å². The number of fused-ring (bicyclic) bond motifs is 7. The predicted octanol–water partition coefficient (Wildman–Crippen LogP) is 12.6. The summed E-state index contributed by atoms with van der Waals surface area (Å²) in [4.78, 5) is 0. The van der Waals surface area contributed by atoms with E-state index in [0.29, 0.717) is 0 Å². The highest BCUT2D eigenvalue weighted by atomic mass is 14.2. The molecule has 0 unspecified atom stereocenters. The van der Waals surface area contributed by atoms with Crippen molar-refractivity contribution in [2.45, 2.75) is 0 Å². The van der Waals surface area contributed by atoms with Crippen LogP contribution in [0.15, 0.2) is 158 Å². The molecule has 0 saturated carbocycles. The third-order valence-electron chi connectivity index (χ3n) is 9.75.